The first-order valence-electron chi connectivity index (χ1n) is 7.56. The zero-order valence-corrected chi connectivity index (χ0v) is 12.4. The van der Waals surface area contributed by atoms with Gasteiger partial charge in [0.25, 0.3) is 0 Å². The third-order valence-electron chi connectivity index (χ3n) is 4.28. The van der Waals surface area contributed by atoms with Crippen LogP contribution >= 0.6 is 0 Å². The fourth-order valence-corrected chi connectivity index (χ4v) is 2.75. The minimum Gasteiger partial charge on any atom is -0.372 e. The van der Waals surface area contributed by atoms with Crippen molar-refractivity contribution in [2.75, 3.05) is 18.0 Å². The summed E-state index contributed by atoms with van der Waals surface area (Å²) in [4.78, 5) is 2.03. The first-order chi connectivity index (χ1) is 9.90. The molecule has 2 rings (SSSR count). The number of alkyl halides is 3. The fourth-order valence-electron chi connectivity index (χ4n) is 2.75. The second kappa shape index (κ2) is 6.69. The zero-order valence-electron chi connectivity index (χ0n) is 12.4. The average molecular weight is 300 g/mol. The van der Waals surface area contributed by atoms with Crippen LogP contribution < -0.4 is 10.6 Å². The van der Waals surface area contributed by atoms with E-state index in [1.165, 1.54) is 5.56 Å². The molecule has 0 amide bonds. The van der Waals surface area contributed by atoms with E-state index in [1.54, 1.807) is 0 Å². The van der Waals surface area contributed by atoms with E-state index in [0.717, 1.165) is 18.5 Å². The lowest BCUT2D eigenvalue weighted by atomic mass is 9.95. The topological polar surface area (TPSA) is 29.3 Å². The van der Waals surface area contributed by atoms with Crippen LogP contribution in [0.1, 0.15) is 31.7 Å². The number of piperidine rings is 1. The summed E-state index contributed by atoms with van der Waals surface area (Å²) in [5, 5.41) is 0. The molecular formula is C16H23F3N2. The molecular weight excluding hydrogens is 277 g/mol. The summed E-state index contributed by atoms with van der Waals surface area (Å²) in [6, 6.07) is 8.21. The van der Waals surface area contributed by atoms with Gasteiger partial charge in [-0.3, -0.25) is 0 Å². The molecule has 118 valence electrons. The molecule has 2 N–H and O–H groups in total. The van der Waals surface area contributed by atoms with Gasteiger partial charge < -0.3 is 10.6 Å². The standard InChI is InChI=1S/C16H23F3N2/c1-2-14(20)11-12-3-5-15(6-4-12)21-9-7-13(8-10-21)16(17,18)19/h3-6,13-14H,2,7-11,20H2,1H3. The molecule has 0 radical (unpaired) electrons. The summed E-state index contributed by atoms with van der Waals surface area (Å²) >= 11 is 0. The second-order valence-corrected chi connectivity index (χ2v) is 5.84. The second-order valence-electron chi connectivity index (χ2n) is 5.84. The normalized spacial score (nSPS) is 18.8. The van der Waals surface area contributed by atoms with Crippen molar-refractivity contribution in [3.05, 3.63) is 29.8 Å². The summed E-state index contributed by atoms with van der Waals surface area (Å²) in [6.07, 6.45) is -1.90. The highest BCUT2D eigenvalue weighted by molar-refractivity contribution is 5.48. The van der Waals surface area contributed by atoms with Crippen LogP contribution in [0.4, 0.5) is 18.9 Å². The number of rotatable bonds is 4. The first-order valence-corrected chi connectivity index (χ1v) is 7.56. The Bertz CT molecular complexity index is 434. The molecule has 2 nitrogen and oxygen atoms in total. The molecule has 0 aromatic heterocycles. The van der Waals surface area contributed by atoms with Gasteiger partial charge in [-0.25, -0.2) is 0 Å². The van der Waals surface area contributed by atoms with Gasteiger partial charge in [-0.15, -0.1) is 0 Å². The molecule has 1 aromatic rings. The van der Waals surface area contributed by atoms with E-state index in [-0.39, 0.29) is 18.9 Å². The smallest absolute Gasteiger partial charge is 0.372 e. The Morgan fingerprint density at radius 3 is 2.24 bits per heavy atom. The van der Waals surface area contributed by atoms with Crippen LogP contribution in [0.3, 0.4) is 0 Å². The van der Waals surface area contributed by atoms with Gasteiger partial charge in [0.2, 0.25) is 0 Å². The lowest BCUT2D eigenvalue weighted by molar-refractivity contribution is -0.179. The van der Waals surface area contributed by atoms with Crippen LogP contribution in [0.25, 0.3) is 0 Å². The summed E-state index contributed by atoms with van der Waals surface area (Å²) in [5.74, 6) is -1.14. The van der Waals surface area contributed by atoms with E-state index in [0.29, 0.717) is 13.1 Å². The van der Waals surface area contributed by atoms with Gasteiger partial charge in [-0.05, 0) is 43.4 Å². The monoisotopic (exact) mass is 300 g/mol. The molecule has 1 heterocycles. The number of hydrogen-bond acceptors (Lipinski definition) is 2. The van der Waals surface area contributed by atoms with E-state index in [1.807, 2.05) is 29.2 Å². The SMILES string of the molecule is CCC(N)Cc1ccc(N2CCC(C(F)(F)F)CC2)cc1. The minimum absolute atomic E-state index is 0.165. The fraction of sp³-hybridized carbons (Fsp3) is 0.625. The third kappa shape index (κ3) is 4.37. The molecule has 1 aliphatic heterocycles. The van der Waals surface area contributed by atoms with Crippen molar-refractivity contribution in [2.45, 2.75) is 44.8 Å². The van der Waals surface area contributed by atoms with Crippen molar-refractivity contribution in [2.24, 2.45) is 11.7 Å². The molecule has 1 unspecified atom stereocenters. The van der Waals surface area contributed by atoms with Gasteiger partial charge in [0.05, 0.1) is 5.92 Å². The van der Waals surface area contributed by atoms with Gasteiger partial charge in [-0.2, -0.15) is 13.2 Å². The van der Waals surface area contributed by atoms with Crippen molar-refractivity contribution in [3.63, 3.8) is 0 Å². The predicted octanol–water partition coefficient (Wildman–Crippen LogP) is 3.75. The molecule has 1 aromatic carbocycles. The highest BCUT2D eigenvalue weighted by atomic mass is 19.4. The van der Waals surface area contributed by atoms with E-state index in [2.05, 4.69) is 6.92 Å². The highest BCUT2D eigenvalue weighted by Crippen LogP contribution is 2.35. The van der Waals surface area contributed by atoms with Crippen LogP contribution in [0.2, 0.25) is 0 Å². The zero-order chi connectivity index (χ0) is 15.5. The number of nitrogens with two attached hydrogens (primary N) is 1. The molecule has 1 atom stereocenters. The van der Waals surface area contributed by atoms with E-state index in [4.69, 9.17) is 5.73 Å². The third-order valence-corrected chi connectivity index (χ3v) is 4.28. The Morgan fingerprint density at radius 2 is 1.76 bits per heavy atom. The number of anilines is 1. The van der Waals surface area contributed by atoms with Crippen LogP contribution in [0, 0.1) is 5.92 Å². The number of hydrogen-bond donors (Lipinski definition) is 1. The van der Waals surface area contributed by atoms with Gasteiger partial charge >= 0.3 is 6.18 Å². The van der Waals surface area contributed by atoms with Crippen LogP contribution in [-0.4, -0.2) is 25.3 Å². The summed E-state index contributed by atoms with van der Waals surface area (Å²) < 4.78 is 37.9. The van der Waals surface area contributed by atoms with Crippen molar-refractivity contribution in [1.82, 2.24) is 0 Å². The minimum atomic E-state index is -4.05. The lowest BCUT2D eigenvalue weighted by Crippen LogP contribution is -2.39. The predicted molar refractivity (Wildman–Crippen MR) is 79.4 cm³/mol. The van der Waals surface area contributed by atoms with E-state index < -0.39 is 12.1 Å². The Labute approximate surface area is 124 Å². The Hall–Kier alpha value is -1.23. The quantitative estimate of drug-likeness (QED) is 0.917. The summed E-state index contributed by atoms with van der Waals surface area (Å²) in [7, 11) is 0. The average Bonchev–Trinajstić information content (AvgIpc) is 2.47. The Morgan fingerprint density at radius 1 is 1.19 bits per heavy atom. The molecule has 0 bridgehead atoms. The maximum absolute atomic E-state index is 12.6. The van der Waals surface area contributed by atoms with Crippen molar-refractivity contribution < 1.29 is 13.2 Å². The Kier molecular flexibility index (Phi) is 5.14. The maximum atomic E-state index is 12.6. The summed E-state index contributed by atoms with van der Waals surface area (Å²) in [5.41, 5.74) is 8.11. The number of benzene rings is 1. The molecule has 1 saturated heterocycles. The van der Waals surface area contributed by atoms with Crippen LogP contribution in [-0.2, 0) is 6.42 Å². The molecule has 0 spiro atoms. The molecule has 0 aliphatic carbocycles. The number of halogens is 3. The highest BCUT2D eigenvalue weighted by Gasteiger charge is 2.41. The Balaban J connectivity index is 1.92. The van der Waals surface area contributed by atoms with Gasteiger partial charge in [0, 0.05) is 24.8 Å². The largest absolute Gasteiger partial charge is 0.391 e. The van der Waals surface area contributed by atoms with Crippen molar-refractivity contribution in [1.29, 1.82) is 0 Å². The molecule has 0 saturated carbocycles. The maximum Gasteiger partial charge on any atom is 0.391 e. The molecule has 21 heavy (non-hydrogen) atoms. The van der Waals surface area contributed by atoms with Gasteiger partial charge in [-0.1, -0.05) is 19.1 Å². The van der Waals surface area contributed by atoms with Crippen LogP contribution in [0.15, 0.2) is 24.3 Å². The van der Waals surface area contributed by atoms with Gasteiger partial charge in [0.1, 0.15) is 0 Å². The van der Waals surface area contributed by atoms with E-state index in [9.17, 15) is 13.2 Å². The van der Waals surface area contributed by atoms with Crippen molar-refractivity contribution in [3.8, 4) is 0 Å². The lowest BCUT2D eigenvalue weighted by Gasteiger charge is -2.34. The molecule has 1 aliphatic rings. The van der Waals surface area contributed by atoms with E-state index >= 15 is 0 Å². The molecule has 5 heteroatoms. The van der Waals surface area contributed by atoms with Gasteiger partial charge in [0.15, 0.2) is 0 Å². The van der Waals surface area contributed by atoms with Crippen molar-refractivity contribution >= 4 is 5.69 Å². The van der Waals surface area contributed by atoms with Crippen LogP contribution in [0.5, 0.6) is 0 Å². The number of nitrogens with zero attached hydrogens (tertiary/aromatic N) is 1. The first kappa shape index (κ1) is 16.1. The molecule has 1 fully saturated rings. The summed E-state index contributed by atoms with van der Waals surface area (Å²) in [6.45, 7) is 3.00.